The molecule has 11 rings (SSSR count). The average molecular weight is 680 g/mol. The Balaban J connectivity index is 1.41. The first kappa shape index (κ1) is 29.8. The lowest BCUT2D eigenvalue weighted by Gasteiger charge is -2.23. The molecule has 0 bridgehead atoms. The minimum absolute atomic E-state index is 0.271. The molecule has 0 spiro atoms. The summed E-state index contributed by atoms with van der Waals surface area (Å²) in [4.78, 5) is 15.7. The second-order valence-corrected chi connectivity index (χ2v) is 14.4. The van der Waals surface area contributed by atoms with Crippen molar-refractivity contribution in [2.24, 2.45) is 0 Å². The maximum absolute atomic E-state index is 5.34. The standard InChI is InChI=1S/C48H33N5/c1-48(2)36-27-15-12-24-33(36)39-40-34-25-13-16-28-37(34)52(32-22-10-5-11-23-32)43(40)44-41(42(39)48)35-26-14-17-29-38(35)53(44)47-50-45(30-18-6-3-7-19-30)49-46(51-47)31-20-8-4-9-21-31/h3-29H,1-2H3. The number of rotatable bonds is 4. The first-order valence-corrected chi connectivity index (χ1v) is 18.1. The van der Waals surface area contributed by atoms with Crippen LogP contribution in [-0.2, 0) is 5.41 Å². The molecule has 0 atom stereocenters. The van der Waals surface area contributed by atoms with Gasteiger partial charge in [0.15, 0.2) is 11.6 Å². The lowest BCUT2D eigenvalue weighted by atomic mass is 9.80. The Morgan fingerprint density at radius 2 is 0.943 bits per heavy atom. The van der Waals surface area contributed by atoms with E-state index in [9.17, 15) is 0 Å². The van der Waals surface area contributed by atoms with Crippen LogP contribution in [0.1, 0.15) is 25.0 Å². The lowest BCUT2D eigenvalue weighted by molar-refractivity contribution is 0.667. The van der Waals surface area contributed by atoms with Gasteiger partial charge in [-0.25, -0.2) is 4.98 Å². The maximum Gasteiger partial charge on any atom is 0.238 e. The van der Waals surface area contributed by atoms with Gasteiger partial charge in [0.05, 0.1) is 22.1 Å². The van der Waals surface area contributed by atoms with Crippen LogP contribution in [0.3, 0.4) is 0 Å². The Morgan fingerprint density at radius 1 is 0.453 bits per heavy atom. The molecule has 5 nitrogen and oxygen atoms in total. The summed E-state index contributed by atoms with van der Waals surface area (Å²) in [7, 11) is 0. The van der Waals surface area contributed by atoms with Crippen molar-refractivity contribution in [2.75, 3.05) is 0 Å². The number of hydrogen-bond donors (Lipinski definition) is 0. The van der Waals surface area contributed by atoms with Crippen LogP contribution in [0.5, 0.6) is 0 Å². The van der Waals surface area contributed by atoms with E-state index >= 15 is 0 Å². The minimum atomic E-state index is -0.271. The number of hydrogen-bond acceptors (Lipinski definition) is 3. The average Bonchev–Trinajstić information content (AvgIpc) is 3.82. The van der Waals surface area contributed by atoms with Crippen LogP contribution in [0, 0.1) is 0 Å². The van der Waals surface area contributed by atoms with E-state index in [1.807, 2.05) is 36.4 Å². The number of benzene rings is 7. The Labute approximate surface area is 306 Å². The number of nitrogens with zero attached hydrogens (tertiary/aromatic N) is 5. The van der Waals surface area contributed by atoms with Gasteiger partial charge in [-0.2, -0.15) is 9.97 Å². The molecule has 7 aromatic carbocycles. The highest BCUT2D eigenvalue weighted by Gasteiger charge is 2.41. The van der Waals surface area contributed by atoms with Crippen molar-refractivity contribution in [1.82, 2.24) is 24.1 Å². The fourth-order valence-corrected chi connectivity index (χ4v) is 8.91. The third-order valence-electron chi connectivity index (χ3n) is 11.1. The van der Waals surface area contributed by atoms with Crippen LogP contribution >= 0.6 is 0 Å². The third kappa shape index (κ3) is 4.16. The summed E-state index contributed by atoms with van der Waals surface area (Å²) in [6.07, 6.45) is 0. The molecule has 1 aliphatic rings. The topological polar surface area (TPSA) is 48.5 Å². The van der Waals surface area contributed by atoms with Gasteiger partial charge in [0.1, 0.15) is 0 Å². The molecule has 0 unspecified atom stereocenters. The summed E-state index contributed by atoms with van der Waals surface area (Å²) in [5.41, 5.74) is 12.4. The summed E-state index contributed by atoms with van der Waals surface area (Å²) in [5.74, 6) is 1.85. The highest BCUT2D eigenvalue weighted by molar-refractivity contribution is 6.30. The number of para-hydroxylation sites is 3. The smallest absolute Gasteiger partial charge is 0.238 e. The first-order chi connectivity index (χ1) is 26.1. The molecule has 0 radical (unpaired) electrons. The number of aromatic nitrogens is 5. The fraction of sp³-hybridized carbons (Fsp3) is 0.0625. The van der Waals surface area contributed by atoms with Crippen LogP contribution in [0.2, 0.25) is 0 Å². The molecule has 3 aromatic heterocycles. The van der Waals surface area contributed by atoms with Crippen molar-refractivity contribution in [2.45, 2.75) is 19.3 Å². The Hall–Kier alpha value is -6.85. The van der Waals surface area contributed by atoms with Crippen LogP contribution in [-0.4, -0.2) is 24.1 Å². The predicted molar refractivity (Wildman–Crippen MR) is 217 cm³/mol. The van der Waals surface area contributed by atoms with Crippen LogP contribution in [0.4, 0.5) is 0 Å². The van der Waals surface area contributed by atoms with Gasteiger partial charge in [0.2, 0.25) is 5.95 Å². The zero-order chi connectivity index (χ0) is 35.3. The molecule has 1 aliphatic carbocycles. The molecular weight excluding hydrogens is 647 g/mol. The summed E-state index contributed by atoms with van der Waals surface area (Å²) in [6, 6.07) is 57.8. The Bertz CT molecular complexity index is 3010. The van der Waals surface area contributed by atoms with Crippen molar-refractivity contribution in [3.63, 3.8) is 0 Å². The Kier molecular flexibility index (Phi) is 6.23. The molecule has 250 valence electrons. The first-order valence-electron chi connectivity index (χ1n) is 18.1. The molecule has 0 N–H and O–H groups in total. The van der Waals surface area contributed by atoms with E-state index in [1.54, 1.807) is 0 Å². The normalized spacial score (nSPS) is 13.2. The van der Waals surface area contributed by atoms with Gasteiger partial charge in [-0.05, 0) is 46.5 Å². The zero-order valence-electron chi connectivity index (χ0n) is 29.3. The second kappa shape index (κ2) is 11.1. The molecular formula is C48H33N5. The van der Waals surface area contributed by atoms with E-state index in [-0.39, 0.29) is 5.41 Å². The summed E-state index contributed by atoms with van der Waals surface area (Å²) in [6.45, 7) is 4.77. The van der Waals surface area contributed by atoms with E-state index in [1.165, 1.54) is 43.8 Å². The second-order valence-electron chi connectivity index (χ2n) is 14.4. The molecule has 5 heteroatoms. The van der Waals surface area contributed by atoms with Crippen molar-refractivity contribution < 1.29 is 0 Å². The van der Waals surface area contributed by atoms with E-state index in [4.69, 9.17) is 15.0 Å². The van der Waals surface area contributed by atoms with E-state index in [0.717, 1.165) is 38.9 Å². The molecule has 0 aliphatic heterocycles. The van der Waals surface area contributed by atoms with Gasteiger partial charge >= 0.3 is 0 Å². The zero-order valence-corrected chi connectivity index (χ0v) is 29.3. The van der Waals surface area contributed by atoms with Gasteiger partial charge in [0.25, 0.3) is 0 Å². The van der Waals surface area contributed by atoms with Gasteiger partial charge in [-0.15, -0.1) is 0 Å². The molecule has 53 heavy (non-hydrogen) atoms. The summed E-state index contributed by atoms with van der Waals surface area (Å²) >= 11 is 0. The van der Waals surface area contributed by atoms with Crippen molar-refractivity contribution in [3.05, 3.63) is 175 Å². The van der Waals surface area contributed by atoms with Crippen LogP contribution in [0.25, 0.3) is 89.2 Å². The fourth-order valence-electron chi connectivity index (χ4n) is 8.91. The number of fused-ring (bicyclic) bond motifs is 12. The van der Waals surface area contributed by atoms with Crippen molar-refractivity contribution in [3.8, 4) is 45.5 Å². The van der Waals surface area contributed by atoms with Crippen LogP contribution in [0.15, 0.2) is 164 Å². The van der Waals surface area contributed by atoms with Crippen LogP contribution < -0.4 is 0 Å². The van der Waals surface area contributed by atoms with Crippen molar-refractivity contribution >= 4 is 43.6 Å². The van der Waals surface area contributed by atoms with Crippen molar-refractivity contribution in [1.29, 1.82) is 0 Å². The SMILES string of the molecule is CC1(C)c2ccccc2-c2c1c1c3ccccc3n(-c3nc(-c4ccccc4)nc(-c4ccccc4)n3)c1c1c2c2ccccc2n1-c1ccccc1. The molecule has 0 amide bonds. The van der Waals surface area contributed by atoms with E-state index < -0.39 is 0 Å². The molecule has 3 heterocycles. The predicted octanol–water partition coefficient (Wildman–Crippen LogP) is 11.7. The highest BCUT2D eigenvalue weighted by atomic mass is 15.2. The lowest BCUT2D eigenvalue weighted by Crippen LogP contribution is -2.15. The third-order valence-corrected chi connectivity index (χ3v) is 11.1. The quantitative estimate of drug-likeness (QED) is 0.186. The van der Waals surface area contributed by atoms with Gasteiger partial charge in [-0.3, -0.25) is 4.57 Å². The highest BCUT2D eigenvalue weighted by Crippen LogP contribution is 2.58. The van der Waals surface area contributed by atoms with Gasteiger partial charge in [-0.1, -0.05) is 153 Å². The van der Waals surface area contributed by atoms with E-state index in [0.29, 0.717) is 17.6 Å². The Morgan fingerprint density at radius 3 is 1.58 bits per heavy atom. The largest absolute Gasteiger partial charge is 0.307 e. The summed E-state index contributed by atoms with van der Waals surface area (Å²) < 4.78 is 4.76. The van der Waals surface area contributed by atoms with E-state index in [2.05, 4.69) is 150 Å². The molecule has 0 fully saturated rings. The minimum Gasteiger partial charge on any atom is -0.307 e. The molecule has 0 saturated carbocycles. The molecule has 10 aromatic rings. The summed E-state index contributed by atoms with van der Waals surface area (Å²) in [5, 5.41) is 4.87. The van der Waals surface area contributed by atoms with Gasteiger partial charge in [0, 0.05) is 43.8 Å². The molecule has 0 saturated heterocycles. The monoisotopic (exact) mass is 679 g/mol. The maximum atomic E-state index is 5.34. The van der Waals surface area contributed by atoms with Gasteiger partial charge < -0.3 is 4.57 Å².